The molecule has 69 heavy (non-hydrogen) atoms. The number of fused-ring (bicyclic) bond motifs is 2. The molecule has 2 aromatic carbocycles. The minimum atomic E-state index is -0.878. The number of aromatic nitrogens is 8. The van der Waals surface area contributed by atoms with Gasteiger partial charge in [0.1, 0.15) is 34.1 Å². The predicted molar refractivity (Wildman–Crippen MR) is 263 cm³/mol. The number of hydrogen-bond acceptors (Lipinski definition) is 8. The third-order valence-corrected chi connectivity index (χ3v) is 14.7. The highest BCUT2D eigenvalue weighted by Gasteiger charge is 2.35. The van der Waals surface area contributed by atoms with Crippen LogP contribution in [0.4, 0.5) is 8.78 Å². The summed E-state index contributed by atoms with van der Waals surface area (Å²) in [5.74, 6) is 1.75. The second kappa shape index (κ2) is 21.7. The third-order valence-electron chi connectivity index (χ3n) is 14.7. The molecule has 2 amide bonds. The Hall–Kier alpha value is -6.06. The van der Waals surface area contributed by atoms with Crippen molar-refractivity contribution in [3.63, 3.8) is 0 Å². The van der Waals surface area contributed by atoms with E-state index in [9.17, 15) is 19.2 Å². The number of hydrogen-bond donors (Lipinski definition) is 4. The predicted octanol–water partition coefficient (Wildman–Crippen LogP) is 10.8. The maximum Gasteiger partial charge on any atom is 0.217 e. The van der Waals surface area contributed by atoms with E-state index in [1.807, 2.05) is 19.9 Å². The molecule has 4 heterocycles. The lowest BCUT2D eigenvalue weighted by molar-refractivity contribution is -0.121. The Morgan fingerprint density at radius 3 is 1.57 bits per heavy atom. The van der Waals surface area contributed by atoms with Gasteiger partial charge in [0.05, 0.1) is 22.6 Å². The number of carbonyl (C=O) groups excluding carboxylic acids is 4. The zero-order chi connectivity index (χ0) is 49.7. The highest BCUT2D eigenvalue weighted by atomic mass is 19.1. The molecule has 4 N–H and O–H groups in total. The lowest BCUT2D eigenvalue weighted by Crippen LogP contribution is -2.40. The van der Waals surface area contributed by atoms with E-state index in [0.717, 1.165) is 51.4 Å². The van der Waals surface area contributed by atoms with Gasteiger partial charge in [-0.2, -0.15) is 10.2 Å². The first-order chi connectivity index (χ1) is 32.9. The normalized spacial score (nSPS) is 19.9. The van der Waals surface area contributed by atoms with Gasteiger partial charge in [0.2, 0.25) is 11.8 Å². The van der Waals surface area contributed by atoms with E-state index in [1.165, 1.54) is 13.8 Å². The molecule has 0 radical (unpaired) electrons. The van der Waals surface area contributed by atoms with Crippen LogP contribution >= 0.6 is 0 Å². The molecule has 2 aliphatic carbocycles. The van der Waals surface area contributed by atoms with Gasteiger partial charge in [-0.15, -0.1) is 0 Å². The van der Waals surface area contributed by atoms with Crippen molar-refractivity contribution < 1.29 is 28.0 Å². The van der Waals surface area contributed by atoms with Crippen molar-refractivity contribution >= 4 is 45.4 Å². The number of benzene rings is 2. The summed E-state index contributed by atoms with van der Waals surface area (Å²) in [6.07, 6.45) is 12.5. The number of Topliss-reactive ketones (excluding diaryl/α,β-unsaturated/α-hetero) is 2. The number of rotatable bonds is 16. The van der Waals surface area contributed by atoms with Gasteiger partial charge in [-0.3, -0.25) is 28.5 Å². The summed E-state index contributed by atoms with van der Waals surface area (Å²) in [6.45, 7) is 17.8. The van der Waals surface area contributed by atoms with E-state index in [2.05, 4.69) is 49.6 Å². The first-order valence-electron chi connectivity index (χ1n) is 24.9. The fourth-order valence-corrected chi connectivity index (χ4v) is 10.8. The number of ketones is 2. The molecule has 0 aliphatic heterocycles. The summed E-state index contributed by atoms with van der Waals surface area (Å²) in [6, 6.07) is 10.0. The first-order valence-corrected chi connectivity index (χ1v) is 24.9. The van der Waals surface area contributed by atoms with Crippen molar-refractivity contribution in [2.24, 2.45) is 23.7 Å². The molecular formula is C53H70F2N10O4. The summed E-state index contributed by atoms with van der Waals surface area (Å²) in [7, 11) is 0. The maximum atomic E-state index is 15.7. The topological polar surface area (TPSA) is 185 Å². The number of H-pyrrole nitrogens is 2. The van der Waals surface area contributed by atoms with Crippen LogP contribution in [0.3, 0.4) is 0 Å². The van der Waals surface area contributed by atoms with Gasteiger partial charge in [0, 0.05) is 75.1 Å². The molecule has 1 unspecified atom stereocenters. The molecule has 370 valence electrons. The number of amides is 2. The van der Waals surface area contributed by atoms with Gasteiger partial charge >= 0.3 is 0 Å². The van der Waals surface area contributed by atoms with Crippen LogP contribution in [0.25, 0.3) is 22.1 Å². The SMILES string of the molecule is CCn1nccc1C(=O)C[C@H](c1nc2c(F)c(C(C)(C)NC(C)=O)ccc2[nH]1)C1CCC(C)CC1.CCn1nccc1C(=O)C[C@H](c1nc2c(F)c(C(C)NC(C)=O)ccc2[nH]1)C1CCC(C)CC1. The zero-order valence-corrected chi connectivity index (χ0v) is 41.7. The quantitative estimate of drug-likeness (QED) is 0.0691. The van der Waals surface area contributed by atoms with E-state index in [4.69, 9.17) is 4.98 Å². The monoisotopic (exact) mass is 949 g/mol. The summed E-state index contributed by atoms with van der Waals surface area (Å²) < 4.78 is 34.5. The number of imidazole rings is 2. The van der Waals surface area contributed by atoms with Crippen LogP contribution in [-0.2, 0) is 28.2 Å². The molecule has 0 bridgehead atoms. The van der Waals surface area contributed by atoms with Gasteiger partial charge in [-0.1, -0.05) is 51.7 Å². The molecule has 2 aliphatic rings. The van der Waals surface area contributed by atoms with Crippen LogP contribution in [0, 0.1) is 35.3 Å². The number of aromatic amines is 2. The number of halogens is 2. The van der Waals surface area contributed by atoms with Crippen LogP contribution in [0.1, 0.15) is 188 Å². The fraction of sp³-hybridized carbons (Fsp3) is 0.547. The van der Waals surface area contributed by atoms with Gasteiger partial charge in [-0.05, 0) is 108 Å². The summed E-state index contributed by atoms with van der Waals surface area (Å²) in [4.78, 5) is 65.8. The molecule has 4 aromatic heterocycles. The largest absolute Gasteiger partial charge is 0.350 e. The lowest BCUT2D eigenvalue weighted by Gasteiger charge is -2.31. The molecule has 14 nitrogen and oxygen atoms in total. The first kappa shape index (κ1) is 50.8. The van der Waals surface area contributed by atoms with Crippen molar-refractivity contribution in [2.75, 3.05) is 0 Å². The van der Waals surface area contributed by atoms with Crippen molar-refractivity contribution in [1.29, 1.82) is 0 Å². The molecule has 8 rings (SSSR count). The molecule has 0 saturated heterocycles. The van der Waals surface area contributed by atoms with Crippen LogP contribution in [-0.4, -0.2) is 62.9 Å². The average Bonchev–Trinajstić information content (AvgIpc) is 4.14. The molecule has 2 saturated carbocycles. The van der Waals surface area contributed by atoms with Crippen LogP contribution < -0.4 is 10.6 Å². The standard InChI is InChI=1S/C27H36FN5O2.C26H34FN5O2/c1-6-33-22(13-14-29-33)23(35)15-19(18-9-7-16(2)8-10-18)26-30-21-12-11-20(24(28)25(21)31-26)27(4,5)32-17(3)34;1-5-32-22(12-13-28-32)23(34)14-20(18-8-6-15(2)7-9-18)26-30-21-11-10-19(16(3)29-17(4)33)24(27)25(21)31-26/h11-14,16,18-19H,6-10,15H2,1-5H3,(H,30,31)(H,32,34);10-13,15-16,18,20H,5-9,14H2,1-4H3,(H,29,33)(H,30,31)/t16?,18?,19-;15?,16?,18?,20-/m00/s1. The Morgan fingerprint density at radius 1 is 0.681 bits per heavy atom. The highest BCUT2D eigenvalue weighted by molar-refractivity contribution is 5.95. The maximum absolute atomic E-state index is 15.7. The second-order valence-electron chi connectivity index (χ2n) is 20.2. The number of nitrogens with zero attached hydrogens (tertiary/aromatic N) is 6. The second-order valence-corrected chi connectivity index (χ2v) is 20.2. The summed E-state index contributed by atoms with van der Waals surface area (Å²) in [5.41, 5.74) is 2.80. The van der Waals surface area contributed by atoms with Crippen LogP contribution in [0.15, 0.2) is 48.8 Å². The van der Waals surface area contributed by atoms with Gasteiger partial charge < -0.3 is 20.6 Å². The van der Waals surface area contributed by atoms with E-state index < -0.39 is 23.2 Å². The van der Waals surface area contributed by atoms with Crippen molar-refractivity contribution in [1.82, 2.24) is 50.1 Å². The zero-order valence-electron chi connectivity index (χ0n) is 41.7. The van der Waals surface area contributed by atoms with Crippen LogP contribution in [0.5, 0.6) is 0 Å². The molecule has 16 heteroatoms. The Bertz CT molecular complexity index is 2770. The minimum Gasteiger partial charge on any atom is -0.350 e. The van der Waals surface area contributed by atoms with E-state index in [1.54, 1.807) is 72.9 Å². The summed E-state index contributed by atoms with van der Waals surface area (Å²) >= 11 is 0. The van der Waals surface area contributed by atoms with Gasteiger partial charge in [0.25, 0.3) is 0 Å². The van der Waals surface area contributed by atoms with E-state index >= 15 is 8.78 Å². The van der Waals surface area contributed by atoms with Crippen LogP contribution in [0.2, 0.25) is 0 Å². The molecule has 2 fully saturated rings. The smallest absolute Gasteiger partial charge is 0.217 e. The van der Waals surface area contributed by atoms with E-state index in [0.29, 0.717) is 94.8 Å². The summed E-state index contributed by atoms with van der Waals surface area (Å²) in [5, 5.41) is 14.0. The Balaban J connectivity index is 0.000000204. The number of aryl methyl sites for hydroxylation is 2. The van der Waals surface area contributed by atoms with Crippen molar-refractivity contribution in [3.8, 4) is 0 Å². The lowest BCUT2D eigenvalue weighted by atomic mass is 9.74. The molecular weight excluding hydrogens is 879 g/mol. The van der Waals surface area contributed by atoms with Gasteiger partial charge in [-0.25, -0.2) is 18.7 Å². The molecule has 0 spiro atoms. The Morgan fingerprint density at radius 2 is 1.13 bits per heavy atom. The Labute approximate surface area is 403 Å². The molecule has 3 atom stereocenters. The minimum absolute atomic E-state index is 0.0291. The van der Waals surface area contributed by atoms with Crippen molar-refractivity contribution in [2.45, 2.75) is 163 Å². The number of nitrogens with one attached hydrogen (secondary N) is 4. The van der Waals surface area contributed by atoms with Crippen molar-refractivity contribution in [3.05, 3.63) is 94.6 Å². The fourth-order valence-electron chi connectivity index (χ4n) is 10.8. The molecule has 6 aromatic rings. The number of carbonyl (C=O) groups is 4. The third kappa shape index (κ3) is 11.5. The van der Waals surface area contributed by atoms with Gasteiger partial charge in [0.15, 0.2) is 23.2 Å². The average molecular weight is 949 g/mol. The highest BCUT2D eigenvalue weighted by Crippen LogP contribution is 2.42. The van der Waals surface area contributed by atoms with E-state index in [-0.39, 0.29) is 46.3 Å². The Kier molecular flexibility index (Phi) is 16.0.